The van der Waals surface area contributed by atoms with Crippen molar-refractivity contribution >= 4 is 17.5 Å². The summed E-state index contributed by atoms with van der Waals surface area (Å²) >= 11 is 0. The van der Waals surface area contributed by atoms with Crippen LogP contribution in [-0.2, 0) is 6.42 Å². The normalized spacial score (nSPS) is 12.5. The molecule has 132 valence electrons. The highest BCUT2D eigenvalue weighted by Gasteiger charge is 2.08. The molecule has 0 amide bonds. The van der Waals surface area contributed by atoms with Crippen LogP contribution in [0.2, 0.25) is 0 Å². The molecule has 1 N–H and O–H groups in total. The lowest BCUT2D eigenvalue weighted by molar-refractivity contribution is -0.384. The highest BCUT2D eigenvalue weighted by atomic mass is 16.6. The van der Waals surface area contributed by atoms with Crippen LogP contribution in [0.1, 0.15) is 42.9 Å². The van der Waals surface area contributed by atoms with E-state index >= 15 is 0 Å². The van der Waals surface area contributed by atoms with E-state index in [1.54, 1.807) is 24.3 Å². The van der Waals surface area contributed by atoms with Gasteiger partial charge in [0, 0.05) is 24.9 Å². The van der Waals surface area contributed by atoms with Crippen molar-refractivity contribution < 1.29 is 4.92 Å². The summed E-state index contributed by atoms with van der Waals surface area (Å²) in [6.45, 7) is 4.28. The van der Waals surface area contributed by atoms with E-state index in [1.165, 1.54) is 41.6 Å². The van der Waals surface area contributed by atoms with Crippen molar-refractivity contribution in [1.29, 1.82) is 0 Å². The quantitative estimate of drug-likeness (QED) is 0.569. The van der Waals surface area contributed by atoms with Gasteiger partial charge in [-0.3, -0.25) is 10.1 Å². The zero-order chi connectivity index (χ0) is 18.2. The van der Waals surface area contributed by atoms with Crippen LogP contribution in [-0.4, -0.2) is 12.0 Å². The Labute approximate surface area is 149 Å². The summed E-state index contributed by atoms with van der Waals surface area (Å²) in [6, 6.07) is 13.2. The molecule has 2 aromatic carbocycles. The summed E-state index contributed by atoms with van der Waals surface area (Å²) in [5, 5.41) is 13.6. The lowest BCUT2D eigenvalue weighted by Crippen LogP contribution is -1.95. The summed E-state index contributed by atoms with van der Waals surface area (Å²) in [5.74, 6) is 0. The second kappa shape index (κ2) is 9.02. The summed E-state index contributed by atoms with van der Waals surface area (Å²) in [4.78, 5) is 10.0. The van der Waals surface area contributed by atoms with Crippen molar-refractivity contribution in [3.63, 3.8) is 0 Å². The minimum Gasteiger partial charge on any atom is -0.388 e. The predicted molar refractivity (Wildman–Crippen MR) is 105 cm³/mol. The zero-order valence-corrected chi connectivity index (χ0v) is 15.2. The first kappa shape index (κ1) is 18.7. The number of rotatable bonds is 4. The summed E-state index contributed by atoms with van der Waals surface area (Å²) in [6.07, 6.45) is 6.84. The third-order valence-electron chi connectivity index (χ3n) is 4.39. The van der Waals surface area contributed by atoms with Crippen LogP contribution in [0.5, 0.6) is 0 Å². The summed E-state index contributed by atoms with van der Waals surface area (Å²) in [5.41, 5.74) is 6.61. The molecule has 0 radical (unpaired) electrons. The van der Waals surface area contributed by atoms with Gasteiger partial charge < -0.3 is 5.32 Å². The molecule has 1 fully saturated rings. The molecular formula is C21H26N2O2. The van der Waals surface area contributed by atoms with E-state index < -0.39 is 0 Å². The van der Waals surface area contributed by atoms with Gasteiger partial charge in [-0.2, -0.15) is 0 Å². The first-order valence-corrected chi connectivity index (χ1v) is 8.74. The number of nitrogens with one attached hydrogen (secondary N) is 1. The first-order valence-electron chi connectivity index (χ1n) is 8.74. The Morgan fingerprint density at radius 1 is 1.16 bits per heavy atom. The molecule has 0 aromatic heterocycles. The number of nitro groups is 1. The number of aryl methyl sites for hydroxylation is 2. The molecular weight excluding hydrogens is 312 g/mol. The van der Waals surface area contributed by atoms with E-state index in [2.05, 4.69) is 43.4 Å². The van der Waals surface area contributed by atoms with E-state index in [1.807, 2.05) is 7.05 Å². The summed E-state index contributed by atoms with van der Waals surface area (Å²) < 4.78 is 0. The van der Waals surface area contributed by atoms with Gasteiger partial charge in [0.25, 0.3) is 5.69 Å². The Morgan fingerprint density at radius 3 is 2.32 bits per heavy atom. The Kier molecular flexibility index (Phi) is 6.75. The molecule has 3 rings (SSSR count). The van der Waals surface area contributed by atoms with Crippen molar-refractivity contribution in [3.05, 3.63) is 74.8 Å². The predicted octanol–water partition coefficient (Wildman–Crippen LogP) is 5.76. The number of non-ortho nitro benzene ring substituents is 1. The van der Waals surface area contributed by atoms with Crippen LogP contribution >= 0.6 is 0 Å². The summed E-state index contributed by atoms with van der Waals surface area (Å²) in [7, 11) is 1.97. The molecule has 0 aliphatic heterocycles. The minimum atomic E-state index is -0.375. The second-order valence-corrected chi connectivity index (χ2v) is 6.27. The maximum Gasteiger partial charge on any atom is 0.269 e. The van der Waals surface area contributed by atoms with Crippen LogP contribution < -0.4 is 5.32 Å². The molecule has 0 saturated heterocycles. The number of nitrogens with zero attached hydrogens (tertiary/aromatic N) is 1. The number of hydrogen-bond acceptors (Lipinski definition) is 3. The Morgan fingerprint density at radius 2 is 1.84 bits per heavy atom. The van der Waals surface area contributed by atoms with Gasteiger partial charge in [-0.1, -0.05) is 30.7 Å². The molecule has 0 spiro atoms. The Balaban J connectivity index is 0.000000186. The Bertz CT molecular complexity index is 743. The number of nitro benzene ring substituents is 1. The topological polar surface area (TPSA) is 55.2 Å². The third-order valence-corrected chi connectivity index (χ3v) is 4.39. The maximum absolute atomic E-state index is 10.4. The standard InChI is InChI=1S/C11H11NO2.C10H15N/c13-12(14)11-6-4-10(5-7-11)8-9-2-1-3-9;1-4-9-6-5-8(2)7-10(9)11-3/h4-8H,1-3H2;5-7,11H,4H2,1-3H3. The van der Waals surface area contributed by atoms with Crippen LogP contribution in [0.15, 0.2) is 48.0 Å². The average Bonchev–Trinajstić information content (AvgIpc) is 2.59. The van der Waals surface area contributed by atoms with Gasteiger partial charge in [-0.05, 0) is 67.5 Å². The van der Waals surface area contributed by atoms with Crippen molar-refractivity contribution in [1.82, 2.24) is 0 Å². The fourth-order valence-corrected chi connectivity index (χ4v) is 2.68. The molecule has 25 heavy (non-hydrogen) atoms. The van der Waals surface area contributed by atoms with E-state index in [-0.39, 0.29) is 10.6 Å². The van der Waals surface area contributed by atoms with E-state index in [9.17, 15) is 10.1 Å². The second-order valence-electron chi connectivity index (χ2n) is 6.27. The molecule has 0 unspecified atom stereocenters. The van der Waals surface area contributed by atoms with Crippen LogP contribution in [0.3, 0.4) is 0 Å². The van der Waals surface area contributed by atoms with Crippen molar-refractivity contribution in [2.45, 2.75) is 39.5 Å². The molecule has 4 heteroatoms. The zero-order valence-electron chi connectivity index (χ0n) is 15.2. The van der Waals surface area contributed by atoms with Crippen molar-refractivity contribution in [2.75, 3.05) is 12.4 Å². The average molecular weight is 338 g/mol. The maximum atomic E-state index is 10.4. The van der Waals surface area contributed by atoms with E-state index in [0.717, 1.165) is 12.0 Å². The number of benzene rings is 2. The van der Waals surface area contributed by atoms with Crippen molar-refractivity contribution in [3.8, 4) is 0 Å². The largest absolute Gasteiger partial charge is 0.388 e. The highest BCUT2D eigenvalue weighted by Crippen LogP contribution is 2.27. The van der Waals surface area contributed by atoms with Gasteiger partial charge in [-0.15, -0.1) is 0 Å². The highest BCUT2D eigenvalue weighted by molar-refractivity contribution is 5.56. The lowest BCUT2D eigenvalue weighted by atomic mass is 9.91. The van der Waals surface area contributed by atoms with Gasteiger partial charge in [0.2, 0.25) is 0 Å². The van der Waals surface area contributed by atoms with Gasteiger partial charge in [0.15, 0.2) is 0 Å². The monoisotopic (exact) mass is 338 g/mol. The van der Waals surface area contributed by atoms with Gasteiger partial charge in [-0.25, -0.2) is 0 Å². The molecule has 0 bridgehead atoms. The van der Waals surface area contributed by atoms with Gasteiger partial charge in [0.05, 0.1) is 4.92 Å². The van der Waals surface area contributed by atoms with Gasteiger partial charge in [0.1, 0.15) is 0 Å². The van der Waals surface area contributed by atoms with Crippen LogP contribution in [0.4, 0.5) is 11.4 Å². The molecule has 1 saturated carbocycles. The number of hydrogen-bond donors (Lipinski definition) is 1. The molecule has 4 nitrogen and oxygen atoms in total. The molecule has 1 aliphatic rings. The number of allylic oxidation sites excluding steroid dienone is 1. The fourth-order valence-electron chi connectivity index (χ4n) is 2.68. The lowest BCUT2D eigenvalue weighted by Gasteiger charge is -2.15. The first-order chi connectivity index (χ1) is 12.0. The van der Waals surface area contributed by atoms with Gasteiger partial charge >= 0.3 is 0 Å². The molecule has 0 heterocycles. The van der Waals surface area contributed by atoms with Crippen LogP contribution in [0.25, 0.3) is 6.08 Å². The third kappa shape index (κ3) is 5.45. The SMILES string of the molecule is CCc1ccc(C)cc1NC.O=[N+]([O-])c1ccc(C=C2CCC2)cc1. The number of anilines is 1. The van der Waals surface area contributed by atoms with E-state index in [4.69, 9.17) is 0 Å². The molecule has 2 aromatic rings. The van der Waals surface area contributed by atoms with Crippen LogP contribution in [0, 0.1) is 17.0 Å². The molecule has 0 atom stereocenters. The fraction of sp³-hybridized carbons (Fsp3) is 0.333. The minimum absolute atomic E-state index is 0.153. The van der Waals surface area contributed by atoms with E-state index in [0.29, 0.717) is 0 Å². The smallest absolute Gasteiger partial charge is 0.269 e. The van der Waals surface area contributed by atoms with Crippen molar-refractivity contribution in [2.24, 2.45) is 0 Å². The molecule has 1 aliphatic carbocycles. The Hall–Kier alpha value is -2.62.